The molecular formula is C19H25N5OS. The molecule has 2 atom stereocenters. The Morgan fingerprint density at radius 2 is 1.77 bits per heavy atom. The molecule has 138 valence electrons. The maximum atomic E-state index is 13.4. The first kappa shape index (κ1) is 17.4. The highest BCUT2D eigenvalue weighted by atomic mass is 32.2. The van der Waals surface area contributed by atoms with Gasteiger partial charge in [-0.15, -0.1) is 10.2 Å². The molecule has 1 aromatic carbocycles. The number of nitrogens with one attached hydrogen (secondary N) is 1. The van der Waals surface area contributed by atoms with Crippen LogP contribution < -0.4 is 5.43 Å². The van der Waals surface area contributed by atoms with Gasteiger partial charge < -0.3 is 10.3 Å². The number of thioether (sulfide) groups is 1. The summed E-state index contributed by atoms with van der Waals surface area (Å²) in [4.78, 5) is 15.4. The van der Waals surface area contributed by atoms with Crippen LogP contribution in [-0.4, -0.2) is 44.0 Å². The fraction of sp³-hybridized carbons (Fsp3) is 0.526. The molecule has 2 aliphatic heterocycles. The Hall–Kier alpha value is -2.02. The number of rotatable bonds is 2. The van der Waals surface area contributed by atoms with Crippen LogP contribution in [0.5, 0.6) is 0 Å². The maximum Gasteiger partial charge on any atom is 0.238 e. The third kappa shape index (κ3) is 3.32. The summed E-state index contributed by atoms with van der Waals surface area (Å²) >= 11 is 1.53. The zero-order valence-corrected chi connectivity index (χ0v) is 16.1. The topological polar surface area (TPSA) is 63.1 Å². The van der Waals surface area contributed by atoms with Crippen molar-refractivity contribution < 1.29 is 4.79 Å². The number of carbonyl (C=O) groups excluding carboxylic acids is 1. The normalized spacial score (nSPS) is 23.1. The van der Waals surface area contributed by atoms with Gasteiger partial charge in [0.15, 0.2) is 0 Å². The first-order valence-electron chi connectivity index (χ1n) is 9.34. The van der Waals surface area contributed by atoms with Crippen molar-refractivity contribution in [1.29, 1.82) is 0 Å². The fourth-order valence-corrected chi connectivity index (χ4v) is 4.85. The number of nitrogens with zero attached hydrogens (tertiary/aromatic N) is 4. The monoisotopic (exact) mass is 371 g/mol. The largest absolute Gasteiger partial charge is 0.342 e. The third-order valence-corrected chi connectivity index (χ3v) is 6.40. The predicted molar refractivity (Wildman–Crippen MR) is 103 cm³/mol. The molecule has 1 amide bonds. The predicted octanol–water partition coefficient (Wildman–Crippen LogP) is 3.06. The minimum Gasteiger partial charge on any atom is -0.342 e. The van der Waals surface area contributed by atoms with Gasteiger partial charge in [-0.2, -0.15) is 0 Å². The Labute approximate surface area is 158 Å². The summed E-state index contributed by atoms with van der Waals surface area (Å²) in [5, 5.41) is 8.94. The van der Waals surface area contributed by atoms with Crippen LogP contribution in [0.2, 0.25) is 0 Å². The van der Waals surface area contributed by atoms with Gasteiger partial charge in [0, 0.05) is 13.1 Å². The van der Waals surface area contributed by atoms with Crippen molar-refractivity contribution >= 4 is 17.7 Å². The Morgan fingerprint density at radius 1 is 1.08 bits per heavy atom. The van der Waals surface area contributed by atoms with E-state index in [0.29, 0.717) is 0 Å². The van der Waals surface area contributed by atoms with E-state index in [1.807, 2.05) is 16.5 Å². The van der Waals surface area contributed by atoms with Crippen LogP contribution in [-0.2, 0) is 4.79 Å². The molecule has 0 saturated carbocycles. The number of amides is 1. The average Bonchev–Trinajstić information content (AvgIpc) is 2.86. The first-order chi connectivity index (χ1) is 12.6. The van der Waals surface area contributed by atoms with Crippen LogP contribution in [0.4, 0.5) is 0 Å². The number of hydrogen-bond acceptors (Lipinski definition) is 5. The second kappa shape index (κ2) is 7.31. The minimum atomic E-state index is -0.230. The maximum absolute atomic E-state index is 13.4. The number of aryl methyl sites for hydroxylation is 2. The van der Waals surface area contributed by atoms with Crippen LogP contribution in [0.25, 0.3) is 0 Å². The van der Waals surface area contributed by atoms with Crippen molar-refractivity contribution in [3.8, 4) is 0 Å². The second-order valence-electron chi connectivity index (χ2n) is 7.16. The van der Waals surface area contributed by atoms with Gasteiger partial charge in [-0.3, -0.25) is 4.79 Å². The highest BCUT2D eigenvalue weighted by Gasteiger charge is 2.39. The molecule has 2 aliphatic rings. The highest BCUT2D eigenvalue weighted by molar-refractivity contribution is 8.00. The number of benzene rings is 1. The smallest absolute Gasteiger partial charge is 0.238 e. The van der Waals surface area contributed by atoms with Gasteiger partial charge >= 0.3 is 0 Å². The zero-order chi connectivity index (χ0) is 18.1. The van der Waals surface area contributed by atoms with Crippen molar-refractivity contribution in [2.75, 3.05) is 18.5 Å². The van der Waals surface area contributed by atoms with Crippen LogP contribution in [0, 0.1) is 13.8 Å². The Kier molecular flexibility index (Phi) is 4.89. The van der Waals surface area contributed by atoms with Gasteiger partial charge in [-0.1, -0.05) is 54.4 Å². The molecule has 1 N–H and O–H groups in total. The number of aromatic nitrogens is 3. The van der Waals surface area contributed by atoms with E-state index in [2.05, 4.69) is 46.8 Å². The van der Waals surface area contributed by atoms with Crippen LogP contribution in [0.1, 0.15) is 48.7 Å². The van der Waals surface area contributed by atoms with Crippen molar-refractivity contribution in [3.63, 3.8) is 0 Å². The minimum absolute atomic E-state index is 0.0986. The van der Waals surface area contributed by atoms with E-state index in [9.17, 15) is 4.79 Å². The van der Waals surface area contributed by atoms with E-state index < -0.39 is 0 Å². The molecule has 0 radical (unpaired) electrons. The van der Waals surface area contributed by atoms with E-state index in [4.69, 9.17) is 0 Å². The summed E-state index contributed by atoms with van der Waals surface area (Å²) in [6.07, 6.45) is 4.63. The van der Waals surface area contributed by atoms with Gasteiger partial charge in [0.1, 0.15) is 11.1 Å². The number of carbonyl (C=O) groups is 1. The second-order valence-corrected chi connectivity index (χ2v) is 8.27. The first-order valence-corrected chi connectivity index (χ1v) is 10.2. The molecule has 4 rings (SSSR count). The molecule has 0 aliphatic carbocycles. The lowest BCUT2D eigenvalue weighted by atomic mass is 10.0. The van der Waals surface area contributed by atoms with E-state index in [1.165, 1.54) is 30.2 Å². The Morgan fingerprint density at radius 3 is 2.46 bits per heavy atom. The molecule has 1 aromatic heterocycles. The van der Waals surface area contributed by atoms with Crippen LogP contribution in [0.15, 0.2) is 29.4 Å². The summed E-state index contributed by atoms with van der Waals surface area (Å²) in [6, 6.07) is 8.33. The number of hydrogen-bond donors (Lipinski definition) is 1. The summed E-state index contributed by atoms with van der Waals surface area (Å²) in [5.41, 5.74) is 5.83. The van der Waals surface area contributed by atoms with E-state index in [0.717, 1.165) is 42.5 Å². The summed E-state index contributed by atoms with van der Waals surface area (Å²) < 4.78 is 1.90. The van der Waals surface area contributed by atoms with Gasteiger partial charge in [0.2, 0.25) is 11.1 Å². The van der Waals surface area contributed by atoms with Gasteiger partial charge in [0.25, 0.3) is 0 Å². The fourth-order valence-electron chi connectivity index (χ4n) is 3.64. The summed E-state index contributed by atoms with van der Waals surface area (Å²) in [6.45, 7) is 5.73. The lowest BCUT2D eigenvalue weighted by molar-refractivity contribution is -0.131. The van der Waals surface area contributed by atoms with Crippen molar-refractivity contribution in [3.05, 3.63) is 41.2 Å². The average molecular weight is 372 g/mol. The molecular weight excluding hydrogens is 346 g/mol. The van der Waals surface area contributed by atoms with Crippen molar-refractivity contribution in [1.82, 2.24) is 19.8 Å². The quantitative estimate of drug-likeness (QED) is 0.879. The SMILES string of the molecule is Cc1ccc([C@H]2Nn3c(C)nnc3S[C@@H]2C(=O)N2CCCCCC2)cc1. The standard InChI is InChI=1S/C19H25N5OS/c1-13-7-9-15(10-8-13)16-17(18(25)23-11-5-3-4-6-12-23)26-19-21-20-14(2)24(19)22-16/h7-10,16-17,22H,3-6,11-12H2,1-2H3/t16-,17+/m1/s1. The molecule has 0 spiro atoms. The van der Waals surface area contributed by atoms with Crippen molar-refractivity contribution in [2.24, 2.45) is 0 Å². The summed E-state index contributed by atoms with van der Waals surface area (Å²) in [7, 11) is 0. The lowest BCUT2D eigenvalue weighted by Gasteiger charge is -2.35. The zero-order valence-electron chi connectivity index (χ0n) is 15.3. The highest BCUT2D eigenvalue weighted by Crippen LogP contribution is 2.38. The third-order valence-electron chi connectivity index (χ3n) is 5.20. The Balaban J connectivity index is 1.66. The van der Waals surface area contributed by atoms with Crippen molar-refractivity contribution in [2.45, 2.75) is 56.0 Å². The van der Waals surface area contributed by atoms with Crippen LogP contribution >= 0.6 is 11.8 Å². The summed E-state index contributed by atoms with van der Waals surface area (Å²) in [5.74, 6) is 1.02. The van der Waals surface area contributed by atoms with Gasteiger partial charge in [-0.05, 0) is 32.3 Å². The molecule has 7 heteroatoms. The molecule has 1 fully saturated rings. The molecule has 3 heterocycles. The van der Waals surface area contributed by atoms with Crippen LogP contribution in [0.3, 0.4) is 0 Å². The van der Waals surface area contributed by atoms with Gasteiger partial charge in [0.05, 0.1) is 6.04 Å². The number of likely N-dealkylation sites (tertiary alicyclic amines) is 1. The van der Waals surface area contributed by atoms with Gasteiger partial charge in [-0.25, -0.2) is 4.68 Å². The van der Waals surface area contributed by atoms with E-state index in [1.54, 1.807) is 0 Å². The molecule has 6 nitrogen and oxygen atoms in total. The number of fused-ring (bicyclic) bond motifs is 1. The lowest BCUT2D eigenvalue weighted by Crippen LogP contribution is -2.46. The van der Waals surface area contributed by atoms with E-state index in [-0.39, 0.29) is 17.2 Å². The molecule has 0 unspecified atom stereocenters. The molecule has 1 saturated heterocycles. The molecule has 0 bridgehead atoms. The Bertz CT molecular complexity index is 780. The molecule has 2 aromatic rings. The molecule has 26 heavy (non-hydrogen) atoms. The van der Waals surface area contributed by atoms with E-state index >= 15 is 0 Å².